The van der Waals surface area contributed by atoms with Crippen LogP contribution in [-0.4, -0.2) is 0 Å². The van der Waals surface area contributed by atoms with Crippen LogP contribution in [0.3, 0.4) is 0 Å². The van der Waals surface area contributed by atoms with E-state index in [-0.39, 0.29) is 5.38 Å². The van der Waals surface area contributed by atoms with Crippen LogP contribution in [0.2, 0.25) is 0 Å². The molecule has 0 aromatic carbocycles. The van der Waals surface area contributed by atoms with Crippen molar-refractivity contribution in [3.05, 3.63) is 20.3 Å². The Labute approximate surface area is 145 Å². The zero-order chi connectivity index (χ0) is 15.0. The fourth-order valence-corrected chi connectivity index (χ4v) is 8.85. The maximum atomic E-state index is 7.13. The molecule has 4 aliphatic rings. The molecule has 1 heterocycles. The first kappa shape index (κ1) is 15.0. The molecule has 0 nitrogen and oxygen atoms in total. The summed E-state index contributed by atoms with van der Waals surface area (Å²) in [7, 11) is 0. The molecule has 4 bridgehead atoms. The lowest BCUT2D eigenvalue weighted by Crippen LogP contribution is -2.56. The molecule has 0 saturated heterocycles. The maximum Gasteiger partial charge on any atom is 0.0735 e. The van der Waals surface area contributed by atoms with Crippen LogP contribution in [0.15, 0.2) is 10.5 Å². The van der Waals surface area contributed by atoms with Gasteiger partial charge in [-0.2, -0.15) is 0 Å². The van der Waals surface area contributed by atoms with Gasteiger partial charge in [0.25, 0.3) is 0 Å². The minimum atomic E-state index is 0.203. The highest BCUT2D eigenvalue weighted by molar-refractivity contribution is 9.10. The minimum absolute atomic E-state index is 0.203. The third-order valence-electron chi connectivity index (χ3n) is 6.33. The standard InChI is InChI=1S/C18H24BrClS/c1-11-13(19)4-14(21-11)15(20)18-7-12-5-16(2,9-18)8-17(3,6-12)10-18/h4,12,15H,5-10H2,1-3H3. The van der Waals surface area contributed by atoms with Crippen LogP contribution in [-0.2, 0) is 0 Å². The molecule has 116 valence electrons. The van der Waals surface area contributed by atoms with Gasteiger partial charge in [0, 0.05) is 14.2 Å². The number of thiophene rings is 1. The lowest BCUT2D eigenvalue weighted by atomic mass is 9.39. The lowest BCUT2D eigenvalue weighted by molar-refractivity contribution is -0.146. The van der Waals surface area contributed by atoms with Gasteiger partial charge in [-0.15, -0.1) is 22.9 Å². The average Bonchev–Trinajstić information content (AvgIpc) is 2.64. The molecular formula is C18H24BrClS. The molecule has 0 aliphatic heterocycles. The Morgan fingerprint density at radius 3 is 2.29 bits per heavy atom. The van der Waals surface area contributed by atoms with E-state index >= 15 is 0 Å². The van der Waals surface area contributed by atoms with Gasteiger partial charge in [0.1, 0.15) is 0 Å². The Hall–Kier alpha value is 0.470. The number of hydrogen-bond donors (Lipinski definition) is 0. The largest absolute Gasteiger partial charge is 0.143 e. The summed E-state index contributed by atoms with van der Waals surface area (Å²) in [6.07, 6.45) is 8.36. The summed E-state index contributed by atoms with van der Waals surface area (Å²) in [5.41, 5.74) is 1.44. The number of rotatable bonds is 2. The predicted octanol–water partition coefficient (Wildman–Crippen LogP) is 7.10. The monoisotopic (exact) mass is 386 g/mol. The first-order chi connectivity index (χ1) is 9.73. The molecule has 3 heteroatoms. The van der Waals surface area contributed by atoms with Crippen molar-refractivity contribution in [2.45, 2.75) is 64.7 Å². The Morgan fingerprint density at radius 2 is 1.81 bits per heavy atom. The van der Waals surface area contributed by atoms with Gasteiger partial charge in [0.15, 0.2) is 0 Å². The van der Waals surface area contributed by atoms with Crippen molar-refractivity contribution in [1.82, 2.24) is 0 Å². The van der Waals surface area contributed by atoms with E-state index < -0.39 is 0 Å². The highest BCUT2D eigenvalue weighted by atomic mass is 79.9. The van der Waals surface area contributed by atoms with Crippen molar-refractivity contribution in [3.8, 4) is 0 Å². The van der Waals surface area contributed by atoms with Gasteiger partial charge in [0.05, 0.1) is 5.38 Å². The summed E-state index contributed by atoms with van der Waals surface area (Å²) in [6, 6.07) is 2.28. The van der Waals surface area contributed by atoms with Crippen LogP contribution in [0.25, 0.3) is 0 Å². The van der Waals surface area contributed by atoms with E-state index in [1.54, 1.807) is 0 Å². The van der Waals surface area contributed by atoms with E-state index in [0.29, 0.717) is 16.2 Å². The molecule has 3 atom stereocenters. The normalized spacial score (nSPS) is 46.0. The summed E-state index contributed by atoms with van der Waals surface area (Å²) < 4.78 is 1.23. The highest BCUT2D eigenvalue weighted by Gasteiger charge is 2.62. The number of aryl methyl sites for hydroxylation is 1. The molecule has 4 saturated carbocycles. The zero-order valence-electron chi connectivity index (χ0n) is 13.1. The molecule has 3 unspecified atom stereocenters. The predicted molar refractivity (Wildman–Crippen MR) is 95.2 cm³/mol. The van der Waals surface area contributed by atoms with Crippen LogP contribution >= 0.6 is 38.9 Å². The van der Waals surface area contributed by atoms with Crippen LogP contribution in [0.4, 0.5) is 0 Å². The van der Waals surface area contributed by atoms with Gasteiger partial charge < -0.3 is 0 Å². The zero-order valence-corrected chi connectivity index (χ0v) is 16.3. The first-order valence-electron chi connectivity index (χ1n) is 8.13. The first-order valence-corrected chi connectivity index (χ1v) is 10.2. The fourth-order valence-electron chi connectivity index (χ4n) is 6.73. The SMILES string of the molecule is Cc1sc(C(Cl)C23CC4CC(C)(CC(C)(C4)C2)C3)cc1Br. The number of hydrogen-bond acceptors (Lipinski definition) is 1. The van der Waals surface area contributed by atoms with Crippen molar-refractivity contribution < 1.29 is 0 Å². The van der Waals surface area contributed by atoms with E-state index in [4.69, 9.17) is 11.6 Å². The fraction of sp³-hybridized carbons (Fsp3) is 0.778. The summed E-state index contributed by atoms with van der Waals surface area (Å²) in [6.45, 7) is 7.25. The molecule has 5 rings (SSSR count). The topological polar surface area (TPSA) is 0 Å². The van der Waals surface area contributed by atoms with Crippen LogP contribution in [0.5, 0.6) is 0 Å². The van der Waals surface area contributed by atoms with Crippen LogP contribution < -0.4 is 0 Å². The van der Waals surface area contributed by atoms with Crippen LogP contribution in [0.1, 0.15) is 67.5 Å². The van der Waals surface area contributed by atoms with E-state index in [9.17, 15) is 0 Å². The Kier molecular flexibility index (Phi) is 3.23. The molecule has 0 N–H and O–H groups in total. The Morgan fingerprint density at radius 1 is 1.19 bits per heavy atom. The van der Waals surface area contributed by atoms with E-state index in [1.165, 1.54) is 52.8 Å². The molecule has 21 heavy (non-hydrogen) atoms. The third-order valence-corrected chi connectivity index (χ3v) is 9.36. The Balaban J connectivity index is 1.73. The summed E-state index contributed by atoms with van der Waals surface area (Å²) in [5.74, 6) is 0.919. The average molecular weight is 388 g/mol. The van der Waals surface area contributed by atoms with Crippen molar-refractivity contribution in [3.63, 3.8) is 0 Å². The molecule has 1 aromatic rings. The van der Waals surface area contributed by atoms with Gasteiger partial charge >= 0.3 is 0 Å². The van der Waals surface area contributed by atoms with Gasteiger partial charge in [-0.3, -0.25) is 0 Å². The molecule has 0 radical (unpaired) electrons. The summed E-state index contributed by atoms with van der Waals surface area (Å²) >= 11 is 12.7. The van der Waals surface area contributed by atoms with Gasteiger partial charge in [-0.1, -0.05) is 13.8 Å². The number of halogens is 2. The van der Waals surface area contributed by atoms with E-state index in [0.717, 1.165) is 5.92 Å². The van der Waals surface area contributed by atoms with Gasteiger partial charge in [0.2, 0.25) is 0 Å². The van der Waals surface area contributed by atoms with Crippen molar-refractivity contribution in [1.29, 1.82) is 0 Å². The van der Waals surface area contributed by atoms with Crippen molar-refractivity contribution in [2.75, 3.05) is 0 Å². The smallest absolute Gasteiger partial charge is 0.0735 e. The molecule has 0 spiro atoms. The second-order valence-corrected chi connectivity index (χ2v) is 11.5. The molecule has 4 aliphatic carbocycles. The summed E-state index contributed by atoms with van der Waals surface area (Å²) in [5, 5.41) is 0.203. The molecule has 4 fully saturated rings. The maximum absolute atomic E-state index is 7.13. The van der Waals surface area contributed by atoms with Crippen LogP contribution in [0, 0.1) is 29.1 Å². The van der Waals surface area contributed by atoms with Gasteiger partial charge in [-0.25, -0.2) is 0 Å². The number of alkyl halides is 1. The van der Waals surface area contributed by atoms with E-state index in [1.807, 2.05) is 11.3 Å². The summed E-state index contributed by atoms with van der Waals surface area (Å²) in [4.78, 5) is 2.74. The highest BCUT2D eigenvalue weighted by Crippen LogP contribution is 2.73. The van der Waals surface area contributed by atoms with Gasteiger partial charge in [-0.05, 0) is 89.6 Å². The molecule has 1 aromatic heterocycles. The minimum Gasteiger partial charge on any atom is -0.143 e. The second kappa shape index (κ2) is 4.51. The third kappa shape index (κ3) is 2.27. The van der Waals surface area contributed by atoms with Crippen molar-refractivity contribution in [2.24, 2.45) is 22.2 Å². The van der Waals surface area contributed by atoms with Crippen molar-refractivity contribution >= 4 is 38.9 Å². The van der Waals surface area contributed by atoms with E-state index in [2.05, 4.69) is 42.8 Å². The molecular weight excluding hydrogens is 364 g/mol. The Bertz CT molecular complexity index is 555. The quantitative estimate of drug-likeness (QED) is 0.475. The second-order valence-electron chi connectivity index (χ2n) is 8.91. The lowest BCUT2D eigenvalue weighted by Gasteiger charge is -2.66. The molecule has 0 amide bonds.